The van der Waals surface area contributed by atoms with E-state index in [1.165, 1.54) is 33.0 Å². The molecule has 2 amide bonds. The maximum atomic E-state index is 9.48. The monoisotopic (exact) mass is 145 g/mol. The number of nitrogens with two attached hydrogens (primary N) is 1. The van der Waals surface area contributed by atoms with E-state index in [4.69, 9.17) is 0 Å². The summed E-state index contributed by atoms with van der Waals surface area (Å²) in [7, 11) is 1.47. The minimum absolute atomic E-state index is 0.495. The molecule has 0 aliphatic carbocycles. The van der Waals surface area contributed by atoms with Crippen molar-refractivity contribution >= 4 is 6.03 Å². The summed E-state index contributed by atoms with van der Waals surface area (Å²) in [5.74, 6) is 0. The standard InChI is InChI=1S/C4H9N.C2H6N2O/c1-2-4-5-3-1;1-4-2(3)5/h5H,1-4H2;1H3,(H3,3,4,5). The Bertz CT molecular complexity index is 83.4. The summed E-state index contributed by atoms with van der Waals surface area (Å²) >= 11 is 0. The van der Waals surface area contributed by atoms with Gasteiger partial charge in [-0.15, -0.1) is 0 Å². The van der Waals surface area contributed by atoms with E-state index in [-0.39, 0.29) is 0 Å². The predicted octanol–water partition coefficient (Wildman–Crippen LogP) is -0.346. The summed E-state index contributed by atoms with van der Waals surface area (Å²) in [6.45, 7) is 2.50. The lowest BCUT2D eigenvalue weighted by atomic mass is 10.4. The fourth-order valence-corrected chi connectivity index (χ4v) is 0.625. The molecule has 0 aromatic rings. The zero-order valence-electron chi connectivity index (χ0n) is 6.31. The number of amides is 2. The Kier molecular flexibility index (Phi) is 5.86. The number of hydrogen-bond acceptors (Lipinski definition) is 2. The van der Waals surface area contributed by atoms with Crippen molar-refractivity contribution in [2.24, 2.45) is 5.73 Å². The van der Waals surface area contributed by atoms with Gasteiger partial charge in [0.2, 0.25) is 0 Å². The zero-order valence-corrected chi connectivity index (χ0v) is 6.31. The number of nitrogens with one attached hydrogen (secondary N) is 2. The van der Waals surface area contributed by atoms with Gasteiger partial charge in [0.25, 0.3) is 0 Å². The lowest BCUT2D eigenvalue weighted by molar-refractivity contribution is 0.251. The Labute approximate surface area is 61.2 Å². The van der Waals surface area contributed by atoms with Crippen LogP contribution in [0.1, 0.15) is 12.8 Å². The van der Waals surface area contributed by atoms with Crippen LogP contribution in [0.3, 0.4) is 0 Å². The Morgan fingerprint density at radius 2 is 1.90 bits per heavy atom. The summed E-state index contributed by atoms with van der Waals surface area (Å²) in [5, 5.41) is 5.39. The van der Waals surface area contributed by atoms with Crippen molar-refractivity contribution < 1.29 is 4.79 Å². The number of rotatable bonds is 0. The molecule has 4 heteroatoms. The number of primary amides is 1. The van der Waals surface area contributed by atoms with Crippen LogP contribution in [0.15, 0.2) is 0 Å². The minimum atomic E-state index is -0.495. The highest BCUT2D eigenvalue weighted by molar-refractivity contribution is 5.71. The van der Waals surface area contributed by atoms with Gasteiger partial charge in [-0.2, -0.15) is 0 Å². The third kappa shape index (κ3) is 7.23. The number of carbonyl (C=O) groups is 1. The molecule has 1 aliphatic rings. The highest BCUT2D eigenvalue weighted by atomic mass is 16.2. The van der Waals surface area contributed by atoms with Crippen molar-refractivity contribution in [3.8, 4) is 0 Å². The van der Waals surface area contributed by atoms with Crippen molar-refractivity contribution in [1.82, 2.24) is 10.6 Å². The molecule has 1 heterocycles. The maximum Gasteiger partial charge on any atom is 0.311 e. The van der Waals surface area contributed by atoms with Crippen LogP contribution in [0.25, 0.3) is 0 Å². The molecule has 4 nitrogen and oxygen atoms in total. The van der Waals surface area contributed by atoms with Crippen molar-refractivity contribution in [3.05, 3.63) is 0 Å². The molecule has 0 aromatic heterocycles. The first-order valence-electron chi connectivity index (χ1n) is 3.45. The third-order valence-electron chi connectivity index (χ3n) is 1.20. The Balaban J connectivity index is 0.000000162. The predicted molar refractivity (Wildman–Crippen MR) is 40.7 cm³/mol. The molecule has 0 saturated carbocycles. The molecule has 0 unspecified atom stereocenters. The van der Waals surface area contributed by atoms with Gasteiger partial charge in [-0.25, -0.2) is 4.79 Å². The number of urea groups is 1. The molecule has 1 rings (SSSR count). The second kappa shape index (κ2) is 6.35. The van der Waals surface area contributed by atoms with Crippen molar-refractivity contribution in [2.75, 3.05) is 20.1 Å². The second-order valence-corrected chi connectivity index (χ2v) is 2.07. The molecule has 0 bridgehead atoms. The lowest BCUT2D eigenvalue weighted by Crippen LogP contribution is -2.24. The molecule has 0 spiro atoms. The van der Waals surface area contributed by atoms with E-state index in [1.54, 1.807) is 0 Å². The molecule has 0 radical (unpaired) electrons. The van der Waals surface area contributed by atoms with Crippen LogP contribution in [0.2, 0.25) is 0 Å². The van der Waals surface area contributed by atoms with Gasteiger partial charge < -0.3 is 16.4 Å². The van der Waals surface area contributed by atoms with E-state index in [1.807, 2.05) is 0 Å². The quantitative estimate of drug-likeness (QED) is 0.436. The van der Waals surface area contributed by atoms with E-state index in [0.717, 1.165) is 0 Å². The van der Waals surface area contributed by atoms with Gasteiger partial charge in [0.1, 0.15) is 0 Å². The molecule has 4 N–H and O–H groups in total. The van der Waals surface area contributed by atoms with E-state index in [2.05, 4.69) is 16.4 Å². The van der Waals surface area contributed by atoms with E-state index in [9.17, 15) is 4.79 Å². The van der Waals surface area contributed by atoms with Crippen LogP contribution in [0.4, 0.5) is 4.79 Å². The second-order valence-electron chi connectivity index (χ2n) is 2.07. The van der Waals surface area contributed by atoms with E-state index < -0.39 is 6.03 Å². The first kappa shape index (κ1) is 9.23. The first-order valence-corrected chi connectivity index (χ1v) is 3.45. The maximum absolute atomic E-state index is 9.48. The van der Waals surface area contributed by atoms with Crippen LogP contribution in [-0.4, -0.2) is 26.2 Å². The van der Waals surface area contributed by atoms with Gasteiger partial charge in [0.15, 0.2) is 0 Å². The molecular formula is C6H15N3O. The molecule has 60 valence electrons. The van der Waals surface area contributed by atoms with Crippen LogP contribution < -0.4 is 16.4 Å². The summed E-state index contributed by atoms with van der Waals surface area (Å²) < 4.78 is 0. The normalized spacial score (nSPS) is 15.3. The fraction of sp³-hybridized carbons (Fsp3) is 0.833. The van der Waals surface area contributed by atoms with E-state index in [0.29, 0.717) is 0 Å². The van der Waals surface area contributed by atoms with Crippen LogP contribution in [0.5, 0.6) is 0 Å². The number of hydrogen-bond donors (Lipinski definition) is 3. The van der Waals surface area contributed by atoms with Crippen molar-refractivity contribution in [2.45, 2.75) is 12.8 Å². The molecule has 1 saturated heterocycles. The van der Waals surface area contributed by atoms with Crippen molar-refractivity contribution in [1.29, 1.82) is 0 Å². The summed E-state index contributed by atoms with van der Waals surface area (Å²) in [4.78, 5) is 9.48. The molecule has 0 aromatic carbocycles. The number of carbonyl (C=O) groups excluding carboxylic acids is 1. The highest BCUT2D eigenvalue weighted by Crippen LogP contribution is 1.90. The van der Waals surface area contributed by atoms with Gasteiger partial charge in [-0.05, 0) is 25.9 Å². The average molecular weight is 145 g/mol. The Morgan fingerprint density at radius 1 is 1.50 bits per heavy atom. The molecule has 1 fully saturated rings. The smallest absolute Gasteiger partial charge is 0.311 e. The molecular weight excluding hydrogens is 130 g/mol. The third-order valence-corrected chi connectivity index (χ3v) is 1.20. The Hall–Kier alpha value is -0.770. The van der Waals surface area contributed by atoms with Gasteiger partial charge >= 0.3 is 6.03 Å². The first-order chi connectivity index (χ1) is 4.77. The summed E-state index contributed by atoms with van der Waals surface area (Å²) in [6, 6.07) is -0.495. The van der Waals surface area contributed by atoms with Gasteiger partial charge in [-0.1, -0.05) is 0 Å². The summed E-state index contributed by atoms with van der Waals surface area (Å²) in [5.41, 5.74) is 4.54. The minimum Gasteiger partial charge on any atom is -0.352 e. The molecule has 1 aliphatic heterocycles. The topological polar surface area (TPSA) is 67.2 Å². The fourth-order valence-electron chi connectivity index (χ4n) is 0.625. The van der Waals surface area contributed by atoms with Crippen LogP contribution in [-0.2, 0) is 0 Å². The van der Waals surface area contributed by atoms with Gasteiger partial charge in [-0.3, -0.25) is 0 Å². The van der Waals surface area contributed by atoms with Crippen molar-refractivity contribution in [3.63, 3.8) is 0 Å². The highest BCUT2D eigenvalue weighted by Gasteiger charge is 1.93. The van der Waals surface area contributed by atoms with Crippen LogP contribution >= 0.6 is 0 Å². The van der Waals surface area contributed by atoms with Gasteiger partial charge in [0.05, 0.1) is 0 Å². The largest absolute Gasteiger partial charge is 0.352 e. The lowest BCUT2D eigenvalue weighted by Gasteiger charge is -1.80. The zero-order chi connectivity index (χ0) is 7.82. The van der Waals surface area contributed by atoms with E-state index >= 15 is 0 Å². The SMILES string of the molecule is C1CCNC1.CNC(N)=O. The molecule has 10 heavy (non-hydrogen) atoms. The van der Waals surface area contributed by atoms with Gasteiger partial charge in [0, 0.05) is 7.05 Å². The van der Waals surface area contributed by atoms with Crippen LogP contribution in [0, 0.1) is 0 Å². The summed E-state index contributed by atoms with van der Waals surface area (Å²) in [6.07, 6.45) is 2.78. The Morgan fingerprint density at radius 3 is 2.00 bits per heavy atom. The average Bonchev–Trinajstić information content (AvgIpc) is 2.43. The molecule has 0 atom stereocenters.